The minimum Gasteiger partial charge on any atom is -0.352 e. The number of nitrogens with one attached hydrogen (secondary N) is 2. The van der Waals surface area contributed by atoms with E-state index in [2.05, 4.69) is 10.6 Å². The van der Waals surface area contributed by atoms with E-state index in [9.17, 15) is 14.4 Å². The Labute approximate surface area is 140 Å². The van der Waals surface area contributed by atoms with Crippen molar-refractivity contribution in [2.45, 2.75) is 60.9 Å². The van der Waals surface area contributed by atoms with Crippen molar-refractivity contribution < 1.29 is 14.4 Å². The van der Waals surface area contributed by atoms with Crippen LogP contribution in [0, 0.1) is 11.8 Å². The molecule has 7 nitrogen and oxygen atoms in total. The fraction of sp³-hybridized carbons (Fsp3) is 0.812. The summed E-state index contributed by atoms with van der Waals surface area (Å²) in [5.41, 5.74) is 10.3. The van der Waals surface area contributed by atoms with Gasteiger partial charge < -0.3 is 22.1 Å². The van der Waals surface area contributed by atoms with Gasteiger partial charge in [-0.2, -0.15) is 0 Å². The Bertz CT molecular complexity index is 331. The molecule has 0 aromatic carbocycles. The minimum atomic E-state index is -0.532. The van der Waals surface area contributed by atoms with Gasteiger partial charge >= 0.3 is 6.03 Å². The van der Waals surface area contributed by atoms with Crippen molar-refractivity contribution in [1.29, 1.82) is 0 Å². The summed E-state index contributed by atoms with van der Waals surface area (Å²) < 4.78 is 0. The summed E-state index contributed by atoms with van der Waals surface area (Å²) in [5, 5.41) is 4.97. The van der Waals surface area contributed by atoms with Crippen LogP contribution in [0.25, 0.3) is 0 Å². The zero-order valence-electron chi connectivity index (χ0n) is 15.7. The average Bonchev–Trinajstić information content (AvgIpc) is 2.51. The SMILES string of the molecule is CC.CC(C)C(=O)CNC(=O)C(N)C(C)C.CCCNC(N)=O. The Morgan fingerprint density at radius 2 is 1.48 bits per heavy atom. The zero-order valence-corrected chi connectivity index (χ0v) is 15.7. The van der Waals surface area contributed by atoms with E-state index in [0.29, 0.717) is 6.54 Å². The van der Waals surface area contributed by atoms with Crippen molar-refractivity contribution in [2.75, 3.05) is 13.1 Å². The summed E-state index contributed by atoms with van der Waals surface area (Å²) in [6, 6.07) is -0.975. The number of carbonyl (C=O) groups is 3. The number of hydrogen-bond donors (Lipinski definition) is 4. The largest absolute Gasteiger partial charge is 0.352 e. The van der Waals surface area contributed by atoms with Crippen LogP contribution in [0.4, 0.5) is 4.79 Å². The number of nitrogens with two attached hydrogens (primary N) is 2. The molecule has 0 aromatic rings. The highest BCUT2D eigenvalue weighted by molar-refractivity contribution is 5.89. The van der Waals surface area contributed by atoms with Gasteiger partial charge in [0.2, 0.25) is 5.91 Å². The molecule has 0 saturated heterocycles. The third-order valence-corrected chi connectivity index (χ3v) is 2.65. The van der Waals surface area contributed by atoms with E-state index in [1.54, 1.807) is 13.8 Å². The van der Waals surface area contributed by atoms with Gasteiger partial charge in [-0.05, 0) is 12.3 Å². The predicted molar refractivity (Wildman–Crippen MR) is 94.9 cm³/mol. The molecule has 23 heavy (non-hydrogen) atoms. The first kappa shape index (κ1) is 26.3. The topological polar surface area (TPSA) is 127 Å². The van der Waals surface area contributed by atoms with Crippen molar-refractivity contribution in [3.05, 3.63) is 0 Å². The van der Waals surface area contributed by atoms with Crippen LogP contribution in [0.2, 0.25) is 0 Å². The van der Waals surface area contributed by atoms with Crippen LogP contribution in [0.15, 0.2) is 0 Å². The van der Waals surface area contributed by atoms with E-state index in [1.807, 2.05) is 34.6 Å². The molecule has 0 spiro atoms. The van der Waals surface area contributed by atoms with Gasteiger partial charge in [0.1, 0.15) is 0 Å². The molecular formula is C16H36N4O3. The summed E-state index contributed by atoms with van der Waals surface area (Å²) in [4.78, 5) is 32.4. The zero-order chi connectivity index (χ0) is 19.0. The Morgan fingerprint density at radius 1 is 1.00 bits per heavy atom. The van der Waals surface area contributed by atoms with Crippen LogP contribution in [0.5, 0.6) is 0 Å². The van der Waals surface area contributed by atoms with Crippen molar-refractivity contribution >= 4 is 17.7 Å². The number of urea groups is 1. The van der Waals surface area contributed by atoms with Crippen molar-refractivity contribution in [3.8, 4) is 0 Å². The number of rotatable bonds is 7. The molecule has 0 aliphatic carbocycles. The van der Waals surface area contributed by atoms with Gasteiger partial charge in [-0.1, -0.05) is 48.5 Å². The van der Waals surface area contributed by atoms with Crippen LogP contribution >= 0.6 is 0 Å². The summed E-state index contributed by atoms with van der Waals surface area (Å²) in [6.45, 7) is 14.1. The van der Waals surface area contributed by atoms with E-state index < -0.39 is 12.1 Å². The van der Waals surface area contributed by atoms with Gasteiger partial charge in [0.25, 0.3) is 0 Å². The number of hydrogen-bond acceptors (Lipinski definition) is 4. The van der Waals surface area contributed by atoms with Gasteiger partial charge in [0.15, 0.2) is 5.78 Å². The predicted octanol–water partition coefficient (Wildman–Crippen LogP) is 1.40. The van der Waals surface area contributed by atoms with E-state index in [1.165, 1.54) is 0 Å². The Balaban J connectivity index is -0.000000373. The number of Topliss-reactive ketones (excluding diaryl/α,β-unsaturated/α-hetero) is 1. The third kappa shape index (κ3) is 18.3. The second kappa shape index (κ2) is 16.7. The summed E-state index contributed by atoms with van der Waals surface area (Å²) >= 11 is 0. The summed E-state index contributed by atoms with van der Waals surface area (Å²) in [7, 11) is 0. The Hall–Kier alpha value is -1.63. The van der Waals surface area contributed by atoms with Crippen LogP contribution in [0.1, 0.15) is 54.9 Å². The molecular weight excluding hydrogens is 296 g/mol. The van der Waals surface area contributed by atoms with Crippen molar-refractivity contribution in [1.82, 2.24) is 10.6 Å². The van der Waals surface area contributed by atoms with Gasteiger partial charge in [0, 0.05) is 12.5 Å². The minimum absolute atomic E-state index is 0.0225. The molecule has 1 atom stereocenters. The second-order valence-electron chi connectivity index (χ2n) is 5.40. The summed E-state index contributed by atoms with van der Waals surface area (Å²) in [5.74, 6) is -0.196. The molecule has 0 heterocycles. The summed E-state index contributed by atoms with van der Waals surface area (Å²) in [6.07, 6.45) is 0.933. The molecule has 1 unspecified atom stereocenters. The molecule has 6 N–H and O–H groups in total. The highest BCUT2D eigenvalue weighted by Gasteiger charge is 2.18. The molecule has 0 aromatic heterocycles. The van der Waals surface area contributed by atoms with Crippen LogP contribution in [-0.2, 0) is 9.59 Å². The lowest BCUT2D eigenvalue weighted by atomic mass is 10.0. The van der Waals surface area contributed by atoms with Gasteiger partial charge in [-0.3, -0.25) is 9.59 Å². The first-order valence-electron chi connectivity index (χ1n) is 8.22. The molecule has 0 aliphatic rings. The molecule has 3 amide bonds. The average molecular weight is 332 g/mol. The molecule has 138 valence electrons. The van der Waals surface area contributed by atoms with E-state index in [4.69, 9.17) is 11.5 Å². The van der Waals surface area contributed by atoms with E-state index in [0.717, 1.165) is 6.42 Å². The maximum atomic E-state index is 11.3. The Morgan fingerprint density at radius 3 is 1.74 bits per heavy atom. The van der Waals surface area contributed by atoms with Crippen LogP contribution in [-0.4, -0.2) is 36.9 Å². The molecule has 0 aliphatic heterocycles. The smallest absolute Gasteiger partial charge is 0.312 e. The van der Waals surface area contributed by atoms with Crippen LogP contribution in [0.3, 0.4) is 0 Å². The molecule has 0 saturated carbocycles. The lowest BCUT2D eigenvalue weighted by Crippen LogP contribution is -2.45. The van der Waals surface area contributed by atoms with Crippen LogP contribution < -0.4 is 22.1 Å². The molecule has 0 fully saturated rings. The highest BCUT2D eigenvalue weighted by Crippen LogP contribution is 1.98. The maximum Gasteiger partial charge on any atom is 0.312 e. The van der Waals surface area contributed by atoms with Crippen molar-refractivity contribution in [2.24, 2.45) is 23.3 Å². The normalized spacial score (nSPS) is 10.7. The van der Waals surface area contributed by atoms with E-state index in [-0.39, 0.29) is 30.1 Å². The van der Waals surface area contributed by atoms with E-state index >= 15 is 0 Å². The number of primary amides is 1. The second-order valence-corrected chi connectivity index (χ2v) is 5.40. The van der Waals surface area contributed by atoms with Gasteiger partial charge in [-0.25, -0.2) is 4.79 Å². The van der Waals surface area contributed by atoms with Gasteiger partial charge in [-0.15, -0.1) is 0 Å². The van der Waals surface area contributed by atoms with Gasteiger partial charge in [0.05, 0.1) is 12.6 Å². The monoisotopic (exact) mass is 332 g/mol. The molecule has 7 heteroatoms. The fourth-order valence-electron chi connectivity index (χ4n) is 1.05. The first-order chi connectivity index (χ1) is 10.6. The van der Waals surface area contributed by atoms with Crippen molar-refractivity contribution in [3.63, 3.8) is 0 Å². The number of carbonyl (C=O) groups excluding carboxylic acids is 3. The first-order valence-corrected chi connectivity index (χ1v) is 8.22. The Kier molecular flexibility index (Phi) is 19.1. The third-order valence-electron chi connectivity index (χ3n) is 2.65. The number of ketones is 1. The number of amides is 3. The quantitative estimate of drug-likeness (QED) is 0.562. The maximum absolute atomic E-state index is 11.3. The fourth-order valence-corrected chi connectivity index (χ4v) is 1.05. The lowest BCUT2D eigenvalue weighted by molar-refractivity contribution is -0.127. The lowest BCUT2D eigenvalue weighted by Gasteiger charge is -2.15. The highest BCUT2D eigenvalue weighted by atomic mass is 16.2. The standard InChI is InChI=1S/C10H20N2O2.C4H10N2O.C2H6/c1-6(2)8(13)5-12-10(14)9(11)7(3)4;1-2-3-6-4(5)7;1-2/h6-7,9H,5,11H2,1-4H3,(H,12,14);2-3H2,1H3,(H3,5,6,7);1-2H3. The molecule has 0 bridgehead atoms. The molecule has 0 radical (unpaired) electrons. The molecule has 0 rings (SSSR count).